The predicted octanol–water partition coefficient (Wildman–Crippen LogP) is 3.18. The average Bonchev–Trinajstić information content (AvgIpc) is 2.68. The summed E-state index contributed by atoms with van der Waals surface area (Å²) in [6, 6.07) is 0. The Morgan fingerprint density at radius 3 is 2.95 bits per heavy atom. The summed E-state index contributed by atoms with van der Waals surface area (Å²) < 4.78 is 2.11. The molecule has 2 heterocycles. The zero-order valence-electron chi connectivity index (χ0n) is 13.4. The minimum atomic E-state index is 0.243. The summed E-state index contributed by atoms with van der Waals surface area (Å²) in [6.07, 6.45) is 10.5. The van der Waals surface area contributed by atoms with Crippen LogP contribution in [0.1, 0.15) is 65.1 Å². The molecule has 0 aromatic carbocycles. The van der Waals surface area contributed by atoms with E-state index in [0.717, 1.165) is 25.3 Å². The number of nitrogens with one attached hydrogen (secondary N) is 1. The molecule has 0 radical (unpaired) electrons. The summed E-state index contributed by atoms with van der Waals surface area (Å²) in [5.41, 5.74) is 0.243. The standard InChI is InChI=1S/C16H30N4/c1-4-8-16(9-6-5-7-10-18-16)11-15-17-13-19-20(15)12-14(2)3/h13-14,18H,4-12H2,1-3H3. The van der Waals surface area contributed by atoms with Gasteiger partial charge in [0.2, 0.25) is 0 Å². The average molecular weight is 278 g/mol. The smallest absolute Gasteiger partial charge is 0.138 e. The van der Waals surface area contributed by atoms with Gasteiger partial charge in [-0.15, -0.1) is 0 Å². The fourth-order valence-electron chi connectivity index (χ4n) is 3.36. The number of hydrogen-bond donors (Lipinski definition) is 1. The Hall–Kier alpha value is -0.900. The fraction of sp³-hybridized carbons (Fsp3) is 0.875. The molecule has 4 nitrogen and oxygen atoms in total. The van der Waals surface area contributed by atoms with Crippen molar-refractivity contribution in [3.05, 3.63) is 12.2 Å². The second-order valence-corrected chi connectivity index (χ2v) is 6.70. The van der Waals surface area contributed by atoms with Crippen LogP contribution >= 0.6 is 0 Å². The highest BCUT2D eigenvalue weighted by Crippen LogP contribution is 2.27. The third-order valence-corrected chi connectivity index (χ3v) is 4.29. The molecule has 1 aromatic heterocycles. The van der Waals surface area contributed by atoms with Crippen LogP contribution in [0.2, 0.25) is 0 Å². The van der Waals surface area contributed by atoms with Crippen molar-refractivity contribution in [2.24, 2.45) is 5.92 Å². The van der Waals surface area contributed by atoms with Crippen molar-refractivity contribution in [2.45, 2.75) is 77.8 Å². The van der Waals surface area contributed by atoms with E-state index in [2.05, 4.69) is 40.9 Å². The quantitative estimate of drug-likeness (QED) is 0.869. The maximum Gasteiger partial charge on any atom is 0.138 e. The van der Waals surface area contributed by atoms with E-state index >= 15 is 0 Å². The molecular formula is C16H30N4. The van der Waals surface area contributed by atoms with Crippen LogP contribution < -0.4 is 5.32 Å². The summed E-state index contributed by atoms with van der Waals surface area (Å²) in [4.78, 5) is 4.53. The van der Waals surface area contributed by atoms with Crippen molar-refractivity contribution >= 4 is 0 Å². The summed E-state index contributed by atoms with van der Waals surface area (Å²) in [7, 11) is 0. The van der Waals surface area contributed by atoms with Gasteiger partial charge in [0.1, 0.15) is 12.2 Å². The van der Waals surface area contributed by atoms with E-state index in [1.54, 1.807) is 6.33 Å². The van der Waals surface area contributed by atoms with Gasteiger partial charge in [-0.1, -0.05) is 40.0 Å². The van der Waals surface area contributed by atoms with Crippen LogP contribution in [0.15, 0.2) is 6.33 Å². The number of nitrogens with zero attached hydrogens (tertiary/aromatic N) is 3. The van der Waals surface area contributed by atoms with Gasteiger partial charge in [-0.25, -0.2) is 9.67 Å². The van der Waals surface area contributed by atoms with Gasteiger partial charge in [0, 0.05) is 18.5 Å². The summed E-state index contributed by atoms with van der Waals surface area (Å²) in [5, 5.41) is 8.25. The van der Waals surface area contributed by atoms with E-state index in [1.807, 2.05) is 0 Å². The molecule has 114 valence electrons. The zero-order valence-corrected chi connectivity index (χ0v) is 13.4. The van der Waals surface area contributed by atoms with Gasteiger partial charge in [-0.2, -0.15) is 5.10 Å². The normalized spacial score (nSPS) is 24.0. The molecule has 1 aromatic rings. The van der Waals surface area contributed by atoms with E-state index in [0.29, 0.717) is 5.92 Å². The fourth-order valence-corrected chi connectivity index (χ4v) is 3.36. The topological polar surface area (TPSA) is 42.7 Å². The zero-order chi connectivity index (χ0) is 14.4. The van der Waals surface area contributed by atoms with Crippen LogP contribution in [0.3, 0.4) is 0 Å². The first-order chi connectivity index (χ1) is 9.65. The molecule has 2 rings (SSSR count). The van der Waals surface area contributed by atoms with Crippen molar-refractivity contribution in [1.82, 2.24) is 20.1 Å². The molecule has 0 aliphatic carbocycles. The van der Waals surface area contributed by atoms with Crippen LogP contribution in [-0.2, 0) is 13.0 Å². The molecule has 4 heteroatoms. The van der Waals surface area contributed by atoms with E-state index in [9.17, 15) is 0 Å². The molecule has 0 amide bonds. The number of rotatable bonds is 6. The van der Waals surface area contributed by atoms with E-state index in [1.165, 1.54) is 38.5 Å². The van der Waals surface area contributed by atoms with Crippen LogP contribution in [-0.4, -0.2) is 26.8 Å². The third kappa shape index (κ3) is 4.05. The van der Waals surface area contributed by atoms with Gasteiger partial charge in [-0.05, 0) is 31.7 Å². The molecule has 1 unspecified atom stereocenters. The van der Waals surface area contributed by atoms with Crippen molar-refractivity contribution in [3.8, 4) is 0 Å². The molecule has 1 aliphatic rings. The SMILES string of the molecule is CCCC1(Cc2ncnn2CC(C)C)CCCCCN1. The van der Waals surface area contributed by atoms with Crippen molar-refractivity contribution < 1.29 is 0 Å². The first kappa shape index (κ1) is 15.5. The molecule has 1 atom stereocenters. The Morgan fingerprint density at radius 1 is 1.35 bits per heavy atom. The molecule has 1 fully saturated rings. The molecule has 1 saturated heterocycles. The van der Waals surface area contributed by atoms with Gasteiger partial charge in [0.15, 0.2) is 0 Å². The molecule has 1 N–H and O–H groups in total. The Kier molecular flexibility index (Phi) is 5.58. The van der Waals surface area contributed by atoms with E-state index in [4.69, 9.17) is 0 Å². The summed E-state index contributed by atoms with van der Waals surface area (Å²) >= 11 is 0. The highest BCUT2D eigenvalue weighted by Gasteiger charge is 2.31. The lowest BCUT2D eigenvalue weighted by Crippen LogP contribution is -2.47. The van der Waals surface area contributed by atoms with Crippen molar-refractivity contribution in [1.29, 1.82) is 0 Å². The molecule has 20 heavy (non-hydrogen) atoms. The van der Waals surface area contributed by atoms with Crippen LogP contribution in [0.25, 0.3) is 0 Å². The van der Waals surface area contributed by atoms with E-state index in [-0.39, 0.29) is 5.54 Å². The highest BCUT2D eigenvalue weighted by molar-refractivity contribution is 5.00. The lowest BCUT2D eigenvalue weighted by Gasteiger charge is -2.33. The van der Waals surface area contributed by atoms with Crippen molar-refractivity contribution in [2.75, 3.05) is 6.54 Å². The number of hydrogen-bond acceptors (Lipinski definition) is 3. The molecule has 0 spiro atoms. The Labute approximate surface area is 123 Å². The Bertz CT molecular complexity index is 389. The van der Waals surface area contributed by atoms with Crippen LogP contribution in [0.5, 0.6) is 0 Å². The van der Waals surface area contributed by atoms with Gasteiger partial charge in [0.05, 0.1) is 0 Å². The first-order valence-corrected chi connectivity index (χ1v) is 8.27. The van der Waals surface area contributed by atoms with Gasteiger partial charge < -0.3 is 5.32 Å². The lowest BCUT2D eigenvalue weighted by atomic mass is 9.85. The minimum Gasteiger partial charge on any atom is -0.311 e. The maximum atomic E-state index is 4.53. The lowest BCUT2D eigenvalue weighted by molar-refractivity contribution is 0.276. The Balaban J connectivity index is 2.12. The maximum absolute atomic E-state index is 4.53. The summed E-state index contributed by atoms with van der Waals surface area (Å²) in [5.74, 6) is 1.77. The monoisotopic (exact) mass is 278 g/mol. The second kappa shape index (κ2) is 7.21. The second-order valence-electron chi connectivity index (χ2n) is 6.70. The van der Waals surface area contributed by atoms with Crippen LogP contribution in [0, 0.1) is 5.92 Å². The first-order valence-electron chi connectivity index (χ1n) is 8.27. The summed E-state index contributed by atoms with van der Waals surface area (Å²) in [6.45, 7) is 8.87. The largest absolute Gasteiger partial charge is 0.311 e. The minimum absolute atomic E-state index is 0.243. The van der Waals surface area contributed by atoms with Crippen molar-refractivity contribution in [3.63, 3.8) is 0 Å². The molecule has 0 bridgehead atoms. The van der Waals surface area contributed by atoms with Gasteiger partial charge in [0.25, 0.3) is 0 Å². The third-order valence-electron chi connectivity index (χ3n) is 4.29. The molecule has 0 saturated carbocycles. The van der Waals surface area contributed by atoms with Crippen LogP contribution in [0.4, 0.5) is 0 Å². The highest BCUT2D eigenvalue weighted by atomic mass is 15.3. The van der Waals surface area contributed by atoms with E-state index < -0.39 is 0 Å². The van der Waals surface area contributed by atoms with Gasteiger partial charge >= 0.3 is 0 Å². The Morgan fingerprint density at radius 2 is 2.20 bits per heavy atom. The molecule has 1 aliphatic heterocycles. The number of aromatic nitrogens is 3. The molecular weight excluding hydrogens is 248 g/mol. The van der Waals surface area contributed by atoms with Gasteiger partial charge in [-0.3, -0.25) is 0 Å². The predicted molar refractivity (Wildman–Crippen MR) is 82.7 cm³/mol.